The zero-order valence-electron chi connectivity index (χ0n) is 12.2. The van der Waals surface area contributed by atoms with Gasteiger partial charge in [0.15, 0.2) is 0 Å². The summed E-state index contributed by atoms with van der Waals surface area (Å²) in [5, 5.41) is 0. The molecule has 1 saturated carbocycles. The van der Waals surface area contributed by atoms with Crippen molar-refractivity contribution in [2.75, 3.05) is 7.11 Å². The Balaban J connectivity index is 1.87. The quantitative estimate of drug-likeness (QED) is 0.687. The summed E-state index contributed by atoms with van der Waals surface area (Å²) in [6, 6.07) is 10.3. The SMILES string of the molecule is CO[C@H]1CCCC[C@]12CCC=C2C#Cc1ccccc1. The van der Waals surface area contributed by atoms with Gasteiger partial charge in [-0.2, -0.15) is 0 Å². The number of methoxy groups -OCH3 is 1. The lowest BCUT2D eigenvalue weighted by Crippen LogP contribution is -2.39. The van der Waals surface area contributed by atoms with E-state index in [4.69, 9.17) is 4.74 Å². The molecule has 1 spiro atoms. The van der Waals surface area contributed by atoms with Crippen LogP contribution >= 0.6 is 0 Å². The summed E-state index contributed by atoms with van der Waals surface area (Å²) in [6.45, 7) is 0. The average Bonchev–Trinajstić information content (AvgIpc) is 2.90. The zero-order chi connectivity index (χ0) is 13.8. The molecule has 1 aromatic rings. The molecule has 0 amide bonds. The van der Waals surface area contributed by atoms with Crippen LogP contribution in [0.15, 0.2) is 42.0 Å². The normalized spacial score (nSPS) is 28.9. The Morgan fingerprint density at radius 2 is 1.95 bits per heavy atom. The average molecular weight is 266 g/mol. The molecule has 20 heavy (non-hydrogen) atoms. The molecule has 2 atom stereocenters. The van der Waals surface area contributed by atoms with Crippen LogP contribution in [0.25, 0.3) is 0 Å². The molecular formula is C19H22O. The monoisotopic (exact) mass is 266 g/mol. The summed E-state index contributed by atoms with van der Waals surface area (Å²) in [5.41, 5.74) is 2.63. The van der Waals surface area contributed by atoms with E-state index < -0.39 is 0 Å². The molecule has 2 aliphatic rings. The van der Waals surface area contributed by atoms with Crippen LogP contribution in [0.5, 0.6) is 0 Å². The summed E-state index contributed by atoms with van der Waals surface area (Å²) >= 11 is 0. The van der Waals surface area contributed by atoms with E-state index in [1.54, 1.807) is 0 Å². The minimum absolute atomic E-state index is 0.203. The van der Waals surface area contributed by atoms with Crippen LogP contribution < -0.4 is 0 Å². The number of benzene rings is 1. The zero-order valence-corrected chi connectivity index (χ0v) is 12.2. The van der Waals surface area contributed by atoms with E-state index in [1.807, 2.05) is 25.3 Å². The minimum atomic E-state index is 0.203. The number of rotatable bonds is 1. The highest BCUT2D eigenvalue weighted by Crippen LogP contribution is 2.50. The van der Waals surface area contributed by atoms with Crippen LogP contribution in [0.4, 0.5) is 0 Å². The molecule has 1 heteroatoms. The summed E-state index contributed by atoms with van der Waals surface area (Å²) in [6.07, 6.45) is 10.1. The number of allylic oxidation sites excluding steroid dienone is 1. The molecule has 3 rings (SSSR count). The van der Waals surface area contributed by atoms with Crippen molar-refractivity contribution in [1.29, 1.82) is 0 Å². The first-order chi connectivity index (χ1) is 9.85. The Bertz CT molecular complexity index is 546. The predicted octanol–water partition coefficient (Wildman–Crippen LogP) is 4.33. The van der Waals surface area contributed by atoms with Gasteiger partial charge in [0.2, 0.25) is 0 Å². The molecular weight excluding hydrogens is 244 g/mol. The van der Waals surface area contributed by atoms with Gasteiger partial charge in [-0.15, -0.1) is 0 Å². The third kappa shape index (κ3) is 2.41. The molecule has 104 valence electrons. The van der Waals surface area contributed by atoms with Gasteiger partial charge in [0.1, 0.15) is 0 Å². The van der Waals surface area contributed by atoms with Crippen molar-refractivity contribution in [1.82, 2.24) is 0 Å². The first-order valence-electron chi connectivity index (χ1n) is 7.66. The molecule has 0 saturated heterocycles. The van der Waals surface area contributed by atoms with Crippen molar-refractivity contribution in [2.45, 2.75) is 44.6 Å². The van der Waals surface area contributed by atoms with Gasteiger partial charge in [0.05, 0.1) is 6.10 Å². The topological polar surface area (TPSA) is 9.23 Å². The summed E-state index contributed by atoms with van der Waals surface area (Å²) in [4.78, 5) is 0. The standard InChI is InChI=1S/C19H22O/c1-20-18-11-5-6-14-19(18)15-7-10-17(19)13-12-16-8-3-2-4-9-16/h2-4,8-10,18H,5-7,11,14-15H2,1H3/t18-,19+/m0/s1. The fourth-order valence-corrected chi connectivity index (χ4v) is 3.79. The van der Waals surface area contributed by atoms with Crippen molar-refractivity contribution < 1.29 is 4.74 Å². The maximum absolute atomic E-state index is 5.80. The minimum Gasteiger partial charge on any atom is -0.381 e. The van der Waals surface area contributed by atoms with Crippen LogP contribution in [-0.4, -0.2) is 13.2 Å². The van der Waals surface area contributed by atoms with E-state index in [-0.39, 0.29) is 5.41 Å². The Kier molecular flexibility index (Phi) is 3.94. The van der Waals surface area contributed by atoms with Gasteiger partial charge in [0, 0.05) is 23.7 Å². The molecule has 1 fully saturated rings. The van der Waals surface area contributed by atoms with Gasteiger partial charge >= 0.3 is 0 Å². The first kappa shape index (κ1) is 13.5. The van der Waals surface area contributed by atoms with Crippen LogP contribution in [0, 0.1) is 17.3 Å². The van der Waals surface area contributed by atoms with E-state index in [0.29, 0.717) is 6.10 Å². The Labute approximate surface area is 122 Å². The van der Waals surface area contributed by atoms with Crippen LogP contribution in [0.2, 0.25) is 0 Å². The molecule has 0 bridgehead atoms. The largest absolute Gasteiger partial charge is 0.381 e. The lowest BCUT2D eigenvalue weighted by atomic mass is 9.67. The Morgan fingerprint density at radius 3 is 2.75 bits per heavy atom. The number of hydrogen-bond donors (Lipinski definition) is 0. The van der Waals surface area contributed by atoms with Gasteiger partial charge in [-0.05, 0) is 37.8 Å². The Morgan fingerprint density at radius 1 is 1.10 bits per heavy atom. The predicted molar refractivity (Wildman–Crippen MR) is 82.3 cm³/mol. The second-order valence-electron chi connectivity index (χ2n) is 5.90. The van der Waals surface area contributed by atoms with E-state index in [0.717, 1.165) is 12.0 Å². The highest BCUT2D eigenvalue weighted by atomic mass is 16.5. The lowest BCUT2D eigenvalue weighted by Gasteiger charge is -2.41. The maximum Gasteiger partial charge on any atom is 0.0674 e. The van der Waals surface area contributed by atoms with E-state index in [1.165, 1.54) is 37.7 Å². The summed E-state index contributed by atoms with van der Waals surface area (Å²) in [5.74, 6) is 6.78. The van der Waals surface area contributed by atoms with E-state index in [9.17, 15) is 0 Å². The van der Waals surface area contributed by atoms with Crippen molar-refractivity contribution in [3.05, 3.63) is 47.5 Å². The third-order valence-electron chi connectivity index (χ3n) is 4.83. The summed E-state index contributed by atoms with van der Waals surface area (Å²) < 4.78 is 5.80. The molecule has 0 N–H and O–H groups in total. The molecule has 0 radical (unpaired) electrons. The maximum atomic E-state index is 5.80. The second-order valence-corrected chi connectivity index (χ2v) is 5.90. The molecule has 0 aromatic heterocycles. The van der Waals surface area contributed by atoms with Crippen LogP contribution in [0.1, 0.15) is 44.1 Å². The van der Waals surface area contributed by atoms with Gasteiger partial charge in [-0.1, -0.05) is 49.0 Å². The van der Waals surface area contributed by atoms with Crippen LogP contribution in [0.3, 0.4) is 0 Å². The smallest absolute Gasteiger partial charge is 0.0674 e. The van der Waals surface area contributed by atoms with Gasteiger partial charge in [0.25, 0.3) is 0 Å². The fraction of sp³-hybridized carbons (Fsp3) is 0.474. The van der Waals surface area contributed by atoms with E-state index >= 15 is 0 Å². The van der Waals surface area contributed by atoms with Crippen molar-refractivity contribution in [3.63, 3.8) is 0 Å². The lowest BCUT2D eigenvalue weighted by molar-refractivity contribution is -0.0198. The van der Waals surface area contributed by atoms with E-state index in [2.05, 4.69) is 30.0 Å². The van der Waals surface area contributed by atoms with Gasteiger partial charge in [-0.25, -0.2) is 0 Å². The highest BCUT2D eigenvalue weighted by Gasteiger charge is 2.45. The number of ether oxygens (including phenoxy) is 1. The third-order valence-corrected chi connectivity index (χ3v) is 4.83. The first-order valence-corrected chi connectivity index (χ1v) is 7.66. The van der Waals surface area contributed by atoms with Gasteiger partial charge < -0.3 is 4.74 Å². The molecule has 2 aliphatic carbocycles. The Hall–Kier alpha value is -1.52. The van der Waals surface area contributed by atoms with Crippen molar-refractivity contribution in [3.8, 4) is 11.8 Å². The molecule has 0 aliphatic heterocycles. The summed E-state index contributed by atoms with van der Waals surface area (Å²) in [7, 11) is 1.86. The second kappa shape index (κ2) is 5.85. The number of hydrogen-bond acceptors (Lipinski definition) is 1. The molecule has 0 heterocycles. The van der Waals surface area contributed by atoms with Gasteiger partial charge in [-0.3, -0.25) is 0 Å². The fourth-order valence-electron chi connectivity index (χ4n) is 3.79. The molecule has 1 aromatic carbocycles. The van der Waals surface area contributed by atoms with Crippen LogP contribution in [-0.2, 0) is 4.74 Å². The van der Waals surface area contributed by atoms with Crippen molar-refractivity contribution >= 4 is 0 Å². The molecule has 0 unspecified atom stereocenters. The highest BCUT2D eigenvalue weighted by molar-refractivity contribution is 5.45. The van der Waals surface area contributed by atoms with Crippen molar-refractivity contribution in [2.24, 2.45) is 5.41 Å². The molecule has 1 nitrogen and oxygen atoms in total.